The van der Waals surface area contributed by atoms with Crippen molar-refractivity contribution in [3.63, 3.8) is 0 Å². The highest BCUT2D eigenvalue weighted by Gasteiger charge is 2.16. The van der Waals surface area contributed by atoms with Crippen molar-refractivity contribution >= 4 is 11.0 Å². The number of hydrogen-bond acceptors (Lipinski definition) is 5. The number of H-pyrrole nitrogens is 1. The Balaban J connectivity index is 1.39. The maximum absolute atomic E-state index is 9.59. The highest BCUT2D eigenvalue weighted by Crippen LogP contribution is 2.33. The molecule has 0 aliphatic carbocycles. The molecule has 6 heteroatoms. The Morgan fingerprint density at radius 3 is 2.34 bits per heavy atom. The molecule has 164 valence electrons. The molecule has 0 radical (unpaired) electrons. The van der Waals surface area contributed by atoms with Crippen LogP contribution in [0.1, 0.15) is 18.2 Å². The Hall–Kier alpha value is -3.22. The second-order valence-corrected chi connectivity index (χ2v) is 8.55. The van der Waals surface area contributed by atoms with E-state index >= 15 is 0 Å². The molecule has 1 fully saturated rings. The average Bonchev–Trinajstić information content (AvgIpc) is 3.15. The summed E-state index contributed by atoms with van der Waals surface area (Å²) in [5, 5.41) is 10.6. The third-order valence-corrected chi connectivity index (χ3v) is 6.45. The van der Waals surface area contributed by atoms with E-state index in [-0.39, 0.29) is 5.75 Å². The molecule has 0 atom stereocenters. The molecule has 1 saturated heterocycles. The second kappa shape index (κ2) is 8.73. The molecule has 1 aliphatic rings. The van der Waals surface area contributed by atoms with Crippen molar-refractivity contribution in [2.75, 3.05) is 32.7 Å². The summed E-state index contributed by atoms with van der Waals surface area (Å²) in [6, 6.07) is 14.5. The second-order valence-electron chi connectivity index (χ2n) is 8.55. The van der Waals surface area contributed by atoms with Crippen LogP contribution in [0.25, 0.3) is 33.4 Å². The lowest BCUT2D eigenvalue weighted by atomic mass is 10.0. The number of aryl methyl sites for hydroxylation is 1. The number of aromatic nitrogens is 3. The van der Waals surface area contributed by atoms with Crippen LogP contribution in [0.5, 0.6) is 5.75 Å². The standard InChI is InChI=1S/C26H29N5O/c1-3-30-10-12-31(13-11-30)17-19-4-6-20(7-5-19)21-14-23-25(18(2)29-26(23)28-15-21)24-9-8-22(32)16-27-24/h4-9,14-16,32H,3,10-13,17H2,1-2H3,(H,28,29). The van der Waals surface area contributed by atoms with Gasteiger partial charge in [0, 0.05) is 61.1 Å². The third kappa shape index (κ3) is 4.11. The summed E-state index contributed by atoms with van der Waals surface area (Å²) in [6.45, 7) is 11.0. The van der Waals surface area contributed by atoms with E-state index in [4.69, 9.17) is 0 Å². The smallest absolute Gasteiger partial charge is 0.138 e. The molecule has 5 rings (SSSR count). The first-order chi connectivity index (χ1) is 15.6. The van der Waals surface area contributed by atoms with Crippen LogP contribution in [0.3, 0.4) is 0 Å². The number of benzene rings is 1. The van der Waals surface area contributed by atoms with E-state index in [1.165, 1.54) is 11.8 Å². The van der Waals surface area contributed by atoms with Gasteiger partial charge in [-0.2, -0.15) is 0 Å². The molecule has 3 aromatic heterocycles. The van der Waals surface area contributed by atoms with Gasteiger partial charge >= 0.3 is 0 Å². The fourth-order valence-electron chi connectivity index (χ4n) is 4.54. The van der Waals surface area contributed by atoms with E-state index in [1.807, 2.05) is 19.2 Å². The lowest BCUT2D eigenvalue weighted by Crippen LogP contribution is -2.45. The quantitative estimate of drug-likeness (QED) is 0.493. The molecule has 0 bridgehead atoms. The molecule has 1 aliphatic heterocycles. The minimum absolute atomic E-state index is 0.164. The zero-order valence-corrected chi connectivity index (χ0v) is 18.7. The number of likely N-dealkylation sites (N-methyl/N-ethyl adjacent to an activating group) is 1. The predicted molar refractivity (Wildman–Crippen MR) is 129 cm³/mol. The number of aromatic hydroxyl groups is 1. The maximum atomic E-state index is 9.59. The van der Waals surface area contributed by atoms with Crippen LogP contribution in [0, 0.1) is 6.92 Å². The maximum Gasteiger partial charge on any atom is 0.138 e. The minimum Gasteiger partial charge on any atom is -0.506 e. The van der Waals surface area contributed by atoms with Gasteiger partial charge in [-0.3, -0.25) is 9.88 Å². The topological polar surface area (TPSA) is 68.3 Å². The zero-order chi connectivity index (χ0) is 22.1. The zero-order valence-electron chi connectivity index (χ0n) is 18.7. The summed E-state index contributed by atoms with van der Waals surface area (Å²) in [7, 11) is 0. The number of nitrogens with zero attached hydrogens (tertiary/aromatic N) is 4. The molecular weight excluding hydrogens is 398 g/mol. The SMILES string of the molecule is CCN1CCN(Cc2ccc(-c3cnc4[nH]c(C)c(-c5ccc(O)cn5)c4c3)cc2)CC1. The summed E-state index contributed by atoms with van der Waals surface area (Å²) < 4.78 is 0. The summed E-state index contributed by atoms with van der Waals surface area (Å²) in [6.07, 6.45) is 3.40. The fourth-order valence-corrected chi connectivity index (χ4v) is 4.54. The van der Waals surface area contributed by atoms with Crippen molar-refractivity contribution in [3.05, 3.63) is 66.1 Å². The molecule has 0 amide bonds. The average molecular weight is 428 g/mol. The van der Waals surface area contributed by atoms with Crippen LogP contribution in [-0.2, 0) is 6.54 Å². The van der Waals surface area contributed by atoms with Crippen LogP contribution in [0.4, 0.5) is 0 Å². The van der Waals surface area contributed by atoms with E-state index in [2.05, 4.69) is 62.0 Å². The Morgan fingerprint density at radius 2 is 1.66 bits per heavy atom. The summed E-state index contributed by atoms with van der Waals surface area (Å²) in [5.41, 5.74) is 7.29. The first-order valence-corrected chi connectivity index (χ1v) is 11.3. The van der Waals surface area contributed by atoms with Gasteiger partial charge in [-0.15, -0.1) is 0 Å². The molecule has 6 nitrogen and oxygen atoms in total. The fraction of sp³-hybridized carbons (Fsp3) is 0.308. The number of piperazine rings is 1. The Kier molecular flexibility index (Phi) is 5.64. The van der Waals surface area contributed by atoms with Crippen molar-refractivity contribution in [1.82, 2.24) is 24.8 Å². The third-order valence-electron chi connectivity index (χ3n) is 6.45. The van der Waals surface area contributed by atoms with Crippen molar-refractivity contribution in [2.45, 2.75) is 20.4 Å². The normalized spacial score (nSPS) is 15.4. The van der Waals surface area contributed by atoms with Crippen molar-refractivity contribution in [1.29, 1.82) is 0 Å². The number of fused-ring (bicyclic) bond motifs is 1. The summed E-state index contributed by atoms with van der Waals surface area (Å²) in [5.74, 6) is 0.164. The first-order valence-electron chi connectivity index (χ1n) is 11.3. The molecule has 0 saturated carbocycles. The number of nitrogens with one attached hydrogen (secondary N) is 1. The summed E-state index contributed by atoms with van der Waals surface area (Å²) in [4.78, 5) is 17.5. The molecule has 32 heavy (non-hydrogen) atoms. The van der Waals surface area contributed by atoms with Gasteiger partial charge in [0.2, 0.25) is 0 Å². The number of pyridine rings is 2. The number of rotatable bonds is 5. The molecule has 2 N–H and O–H groups in total. The number of hydrogen-bond donors (Lipinski definition) is 2. The Bertz CT molecular complexity index is 1210. The molecular formula is C26H29N5O. The molecule has 4 aromatic rings. The van der Waals surface area contributed by atoms with Gasteiger partial charge in [-0.1, -0.05) is 31.2 Å². The highest BCUT2D eigenvalue weighted by molar-refractivity contribution is 5.96. The van der Waals surface area contributed by atoms with Crippen LogP contribution < -0.4 is 0 Å². The van der Waals surface area contributed by atoms with E-state index in [0.29, 0.717) is 0 Å². The number of aromatic amines is 1. The van der Waals surface area contributed by atoms with E-state index < -0.39 is 0 Å². The van der Waals surface area contributed by atoms with Gasteiger partial charge in [0.15, 0.2) is 0 Å². The Labute approximate surface area is 188 Å². The monoisotopic (exact) mass is 427 g/mol. The van der Waals surface area contributed by atoms with E-state index in [9.17, 15) is 5.11 Å². The minimum atomic E-state index is 0.164. The first kappa shape index (κ1) is 20.7. The van der Waals surface area contributed by atoms with Crippen LogP contribution in [0.15, 0.2) is 54.9 Å². The van der Waals surface area contributed by atoms with Crippen LogP contribution in [-0.4, -0.2) is 62.6 Å². The molecule has 1 aromatic carbocycles. The van der Waals surface area contributed by atoms with Crippen molar-refractivity contribution in [2.24, 2.45) is 0 Å². The van der Waals surface area contributed by atoms with E-state index in [0.717, 1.165) is 78.4 Å². The lowest BCUT2D eigenvalue weighted by molar-refractivity contribution is 0.132. The van der Waals surface area contributed by atoms with Crippen molar-refractivity contribution < 1.29 is 5.11 Å². The van der Waals surface area contributed by atoms with Gasteiger partial charge in [0.05, 0.1) is 11.9 Å². The van der Waals surface area contributed by atoms with Gasteiger partial charge in [-0.05, 0) is 42.8 Å². The Morgan fingerprint density at radius 1 is 0.906 bits per heavy atom. The predicted octanol–water partition coefficient (Wildman–Crippen LogP) is 4.44. The highest BCUT2D eigenvalue weighted by atomic mass is 16.3. The van der Waals surface area contributed by atoms with Gasteiger partial charge < -0.3 is 15.0 Å². The molecule has 4 heterocycles. The van der Waals surface area contributed by atoms with Gasteiger partial charge in [-0.25, -0.2) is 4.98 Å². The van der Waals surface area contributed by atoms with Crippen LogP contribution in [0.2, 0.25) is 0 Å². The molecule has 0 unspecified atom stereocenters. The van der Waals surface area contributed by atoms with Gasteiger partial charge in [0.25, 0.3) is 0 Å². The van der Waals surface area contributed by atoms with E-state index in [1.54, 1.807) is 6.07 Å². The largest absolute Gasteiger partial charge is 0.506 e. The lowest BCUT2D eigenvalue weighted by Gasteiger charge is -2.34. The van der Waals surface area contributed by atoms with Gasteiger partial charge in [0.1, 0.15) is 11.4 Å². The van der Waals surface area contributed by atoms with Crippen LogP contribution >= 0.6 is 0 Å². The van der Waals surface area contributed by atoms with Crippen molar-refractivity contribution in [3.8, 4) is 28.1 Å². The summed E-state index contributed by atoms with van der Waals surface area (Å²) >= 11 is 0. The molecule has 0 spiro atoms.